The summed E-state index contributed by atoms with van der Waals surface area (Å²) in [4.78, 5) is 0. The summed E-state index contributed by atoms with van der Waals surface area (Å²) in [7, 11) is 0. The molecule has 2 aromatic rings. The monoisotopic (exact) mass is 345 g/mol. The van der Waals surface area contributed by atoms with E-state index in [2.05, 4.69) is 5.16 Å². The summed E-state index contributed by atoms with van der Waals surface area (Å²) in [5, 5.41) is 13.5. The molecular weight excluding hydrogens is 330 g/mol. The van der Waals surface area contributed by atoms with Crippen LogP contribution in [-0.2, 0) is 11.3 Å². The standard InChI is InChI=1S/C18H16ClNO4/c1-10-2-3-13-15(20-21)7-17(24-16(13)4-10)14-6-12(19)5-11-8-22-9-23-18(11)14/h2-6,17,21H,7-9H2,1H3. The predicted octanol–water partition coefficient (Wildman–Crippen LogP) is 4.22. The highest BCUT2D eigenvalue weighted by atomic mass is 35.5. The van der Waals surface area contributed by atoms with Gasteiger partial charge in [-0.3, -0.25) is 0 Å². The van der Waals surface area contributed by atoms with Gasteiger partial charge in [0.05, 0.1) is 12.3 Å². The minimum atomic E-state index is -0.337. The van der Waals surface area contributed by atoms with Gasteiger partial charge in [0.15, 0.2) is 6.79 Å². The highest BCUT2D eigenvalue weighted by molar-refractivity contribution is 6.30. The van der Waals surface area contributed by atoms with E-state index < -0.39 is 0 Å². The van der Waals surface area contributed by atoms with Crippen LogP contribution < -0.4 is 9.47 Å². The minimum absolute atomic E-state index is 0.199. The third kappa shape index (κ3) is 2.60. The highest BCUT2D eigenvalue weighted by Crippen LogP contribution is 2.42. The quantitative estimate of drug-likeness (QED) is 0.621. The highest BCUT2D eigenvalue weighted by Gasteiger charge is 2.31. The maximum Gasteiger partial charge on any atom is 0.189 e. The van der Waals surface area contributed by atoms with Crippen molar-refractivity contribution in [2.24, 2.45) is 5.16 Å². The molecule has 1 atom stereocenters. The smallest absolute Gasteiger partial charge is 0.189 e. The zero-order valence-electron chi connectivity index (χ0n) is 13.1. The number of fused-ring (bicyclic) bond motifs is 2. The van der Waals surface area contributed by atoms with Crippen molar-refractivity contribution in [2.75, 3.05) is 6.79 Å². The number of oxime groups is 1. The van der Waals surface area contributed by atoms with Gasteiger partial charge in [-0.1, -0.05) is 22.8 Å². The van der Waals surface area contributed by atoms with E-state index in [-0.39, 0.29) is 12.9 Å². The molecule has 0 saturated heterocycles. The molecule has 124 valence electrons. The molecule has 0 fully saturated rings. The van der Waals surface area contributed by atoms with Gasteiger partial charge in [0.2, 0.25) is 0 Å². The zero-order valence-corrected chi connectivity index (χ0v) is 13.8. The Kier molecular flexibility index (Phi) is 3.82. The van der Waals surface area contributed by atoms with Gasteiger partial charge in [0, 0.05) is 28.1 Å². The summed E-state index contributed by atoms with van der Waals surface area (Å²) in [5.74, 6) is 1.43. The lowest BCUT2D eigenvalue weighted by Crippen LogP contribution is -2.23. The molecule has 4 rings (SSSR count). The van der Waals surface area contributed by atoms with Crippen molar-refractivity contribution < 1.29 is 19.4 Å². The molecule has 5 nitrogen and oxygen atoms in total. The number of hydrogen-bond acceptors (Lipinski definition) is 5. The van der Waals surface area contributed by atoms with Crippen molar-refractivity contribution in [3.63, 3.8) is 0 Å². The normalized spacial score (nSPS) is 20.8. The van der Waals surface area contributed by atoms with Crippen LogP contribution in [0.3, 0.4) is 0 Å². The molecule has 1 unspecified atom stereocenters. The average molecular weight is 346 g/mol. The molecule has 0 bridgehead atoms. The van der Waals surface area contributed by atoms with Crippen LogP contribution in [0.2, 0.25) is 5.02 Å². The van der Waals surface area contributed by atoms with Crippen molar-refractivity contribution in [1.29, 1.82) is 0 Å². The van der Waals surface area contributed by atoms with Crippen LogP contribution >= 0.6 is 11.6 Å². The maximum atomic E-state index is 9.42. The Morgan fingerprint density at radius 1 is 1.25 bits per heavy atom. The van der Waals surface area contributed by atoms with Crippen molar-refractivity contribution >= 4 is 17.3 Å². The Morgan fingerprint density at radius 3 is 2.96 bits per heavy atom. The summed E-state index contributed by atoms with van der Waals surface area (Å²) >= 11 is 6.25. The van der Waals surface area contributed by atoms with Gasteiger partial charge in [0.1, 0.15) is 17.6 Å². The van der Waals surface area contributed by atoms with Crippen molar-refractivity contribution in [3.05, 3.63) is 57.6 Å². The van der Waals surface area contributed by atoms with Gasteiger partial charge < -0.3 is 19.4 Å². The van der Waals surface area contributed by atoms with Crippen LogP contribution in [0.25, 0.3) is 0 Å². The number of halogens is 1. The van der Waals surface area contributed by atoms with Gasteiger partial charge in [0.25, 0.3) is 0 Å². The number of hydrogen-bond donors (Lipinski definition) is 1. The second-order valence-corrected chi connectivity index (χ2v) is 6.39. The summed E-state index contributed by atoms with van der Waals surface area (Å²) in [5.41, 5.74) is 4.20. The van der Waals surface area contributed by atoms with E-state index in [4.69, 9.17) is 25.8 Å². The molecule has 1 N–H and O–H groups in total. The predicted molar refractivity (Wildman–Crippen MR) is 89.2 cm³/mol. The molecule has 6 heteroatoms. The average Bonchev–Trinajstić information content (AvgIpc) is 2.59. The van der Waals surface area contributed by atoms with Crippen LogP contribution in [0, 0.1) is 6.92 Å². The molecular formula is C18H16ClNO4. The molecule has 2 aliphatic heterocycles. The Morgan fingerprint density at radius 2 is 2.12 bits per heavy atom. The molecule has 0 aromatic heterocycles. The summed E-state index contributed by atoms with van der Waals surface area (Å²) in [6.45, 7) is 2.64. The SMILES string of the molecule is Cc1ccc2c(c1)OC(c1cc(Cl)cc3c1OCOC3)CC2=NO. The Bertz CT molecular complexity index is 834. The first-order chi connectivity index (χ1) is 11.7. The van der Waals surface area contributed by atoms with Gasteiger partial charge in [-0.25, -0.2) is 0 Å². The molecule has 0 spiro atoms. The van der Waals surface area contributed by atoms with Crippen molar-refractivity contribution in [1.82, 2.24) is 0 Å². The largest absolute Gasteiger partial charge is 0.484 e. The first kappa shape index (κ1) is 15.3. The van der Waals surface area contributed by atoms with E-state index in [0.717, 1.165) is 28.0 Å². The fraction of sp³-hybridized carbons (Fsp3) is 0.278. The van der Waals surface area contributed by atoms with E-state index in [0.29, 0.717) is 29.5 Å². The lowest BCUT2D eigenvalue weighted by Gasteiger charge is -2.30. The first-order valence-corrected chi connectivity index (χ1v) is 8.05. The number of rotatable bonds is 1. The number of aryl methyl sites for hydroxylation is 1. The second-order valence-electron chi connectivity index (χ2n) is 5.95. The molecule has 2 aromatic carbocycles. The first-order valence-electron chi connectivity index (χ1n) is 7.67. The second kappa shape index (κ2) is 6.00. The Balaban J connectivity index is 1.80. The lowest BCUT2D eigenvalue weighted by molar-refractivity contribution is -0.0182. The van der Waals surface area contributed by atoms with Gasteiger partial charge in [-0.05, 0) is 36.8 Å². The van der Waals surface area contributed by atoms with Gasteiger partial charge in [-0.2, -0.15) is 0 Å². The number of nitrogens with zero attached hydrogens (tertiary/aromatic N) is 1. The number of benzene rings is 2. The fourth-order valence-corrected chi connectivity index (χ4v) is 3.41. The molecule has 0 amide bonds. The lowest BCUT2D eigenvalue weighted by atomic mass is 9.93. The van der Waals surface area contributed by atoms with E-state index in [1.165, 1.54) is 0 Å². The summed E-state index contributed by atoms with van der Waals surface area (Å²) < 4.78 is 17.2. The molecule has 0 radical (unpaired) electrons. The molecule has 2 heterocycles. The summed E-state index contributed by atoms with van der Waals surface area (Å²) in [6, 6.07) is 9.49. The van der Waals surface area contributed by atoms with Gasteiger partial charge >= 0.3 is 0 Å². The van der Waals surface area contributed by atoms with E-state index >= 15 is 0 Å². The molecule has 2 aliphatic rings. The van der Waals surface area contributed by atoms with Crippen molar-refractivity contribution in [2.45, 2.75) is 26.1 Å². The third-order valence-electron chi connectivity index (χ3n) is 4.27. The van der Waals surface area contributed by atoms with Crippen molar-refractivity contribution in [3.8, 4) is 11.5 Å². The van der Waals surface area contributed by atoms with Crippen LogP contribution in [0.4, 0.5) is 0 Å². The zero-order chi connectivity index (χ0) is 16.7. The summed E-state index contributed by atoms with van der Waals surface area (Å²) in [6.07, 6.45) is 0.0968. The third-order valence-corrected chi connectivity index (χ3v) is 4.49. The van der Waals surface area contributed by atoms with E-state index in [1.807, 2.05) is 37.3 Å². The Hall–Kier alpha value is -2.24. The molecule has 0 saturated carbocycles. The van der Waals surface area contributed by atoms with E-state index in [9.17, 15) is 5.21 Å². The fourth-order valence-electron chi connectivity index (χ4n) is 3.16. The van der Waals surface area contributed by atoms with E-state index in [1.54, 1.807) is 0 Å². The topological polar surface area (TPSA) is 60.3 Å². The van der Waals surface area contributed by atoms with Crippen LogP contribution in [0.1, 0.15) is 34.8 Å². The maximum absolute atomic E-state index is 9.42. The van der Waals surface area contributed by atoms with Crippen LogP contribution in [-0.4, -0.2) is 17.7 Å². The molecule has 0 aliphatic carbocycles. The van der Waals surface area contributed by atoms with Crippen LogP contribution in [0.5, 0.6) is 11.5 Å². The van der Waals surface area contributed by atoms with Gasteiger partial charge in [-0.15, -0.1) is 0 Å². The number of ether oxygens (including phenoxy) is 3. The Labute approximate surface area is 144 Å². The molecule has 24 heavy (non-hydrogen) atoms. The minimum Gasteiger partial charge on any atom is -0.484 e. The van der Waals surface area contributed by atoms with Crippen LogP contribution in [0.15, 0.2) is 35.5 Å².